The number of rotatable bonds is 6. The van der Waals surface area contributed by atoms with E-state index in [1.807, 2.05) is 6.08 Å². The highest BCUT2D eigenvalue weighted by Crippen LogP contribution is 2.16. The van der Waals surface area contributed by atoms with E-state index in [9.17, 15) is 4.79 Å². The maximum absolute atomic E-state index is 10.5. The first-order valence-electron chi connectivity index (χ1n) is 5.49. The van der Waals surface area contributed by atoms with Crippen LogP contribution in [0, 0.1) is 5.92 Å². The van der Waals surface area contributed by atoms with Gasteiger partial charge in [-0.1, -0.05) is 24.6 Å². The number of hydrogen-bond acceptors (Lipinski definition) is 1. The zero-order valence-corrected chi connectivity index (χ0v) is 10.2. The molecule has 15 heavy (non-hydrogen) atoms. The van der Waals surface area contributed by atoms with Crippen molar-refractivity contribution < 1.29 is 9.90 Å². The third-order valence-corrected chi connectivity index (χ3v) is 2.61. The molecule has 2 heteroatoms. The van der Waals surface area contributed by atoms with Gasteiger partial charge in [-0.2, -0.15) is 0 Å². The number of carboxylic acids is 1. The number of carboxylic acid groups (broad SMARTS) is 1. The molecule has 0 aromatic rings. The van der Waals surface area contributed by atoms with Crippen LogP contribution >= 0.6 is 0 Å². The summed E-state index contributed by atoms with van der Waals surface area (Å²) in [6, 6.07) is 0. The van der Waals surface area contributed by atoms with Gasteiger partial charge in [-0.25, -0.2) is 4.79 Å². The molecular weight excluding hydrogens is 188 g/mol. The van der Waals surface area contributed by atoms with Crippen molar-refractivity contribution in [3.05, 3.63) is 23.3 Å². The third-order valence-electron chi connectivity index (χ3n) is 2.61. The van der Waals surface area contributed by atoms with Crippen molar-refractivity contribution in [1.82, 2.24) is 0 Å². The minimum atomic E-state index is -0.813. The second kappa shape index (κ2) is 7.27. The van der Waals surface area contributed by atoms with Gasteiger partial charge in [-0.3, -0.25) is 0 Å². The summed E-state index contributed by atoms with van der Waals surface area (Å²) in [7, 11) is 0. The first-order valence-corrected chi connectivity index (χ1v) is 5.49. The molecule has 1 unspecified atom stereocenters. The van der Waals surface area contributed by atoms with E-state index in [-0.39, 0.29) is 0 Å². The first-order chi connectivity index (χ1) is 6.97. The summed E-state index contributed by atoms with van der Waals surface area (Å²) in [5.74, 6) is -0.189. The number of hydrogen-bond donors (Lipinski definition) is 1. The van der Waals surface area contributed by atoms with Gasteiger partial charge in [0.25, 0.3) is 0 Å². The normalized spacial score (nSPS) is 15.2. The monoisotopic (exact) mass is 210 g/mol. The van der Waals surface area contributed by atoms with Crippen molar-refractivity contribution in [2.75, 3.05) is 0 Å². The zero-order chi connectivity index (χ0) is 11.8. The smallest absolute Gasteiger partial charge is 0.330 e. The van der Waals surface area contributed by atoms with Crippen LogP contribution in [-0.2, 0) is 4.79 Å². The van der Waals surface area contributed by atoms with Gasteiger partial charge in [0.2, 0.25) is 0 Å². The summed E-state index contributed by atoms with van der Waals surface area (Å²) >= 11 is 0. The number of allylic oxidation sites excluding steroid dienone is 3. The van der Waals surface area contributed by atoms with E-state index in [1.54, 1.807) is 6.92 Å². The second-order valence-corrected chi connectivity index (χ2v) is 4.21. The fourth-order valence-electron chi connectivity index (χ4n) is 1.44. The molecule has 1 N–H and O–H groups in total. The number of aliphatic carboxylic acids is 1. The Balaban J connectivity index is 3.87. The van der Waals surface area contributed by atoms with E-state index in [0.717, 1.165) is 19.3 Å². The Morgan fingerprint density at radius 3 is 2.47 bits per heavy atom. The Morgan fingerprint density at radius 2 is 2.00 bits per heavy atom. The molecule has 0 fully saturated rings. The van der Waals surface area contributed by atoms with Crippen molar-refractivity contribution in [2.24, 2.45) is 5.92 Å². The van der Waals surface area contributed by atoms with Crippen LogP contribution in [0.4, 0.5) is 0 Å². The summed E-state index contributed by atoms with van der Waals surface area (Å²) in [5.41, 5.74) is 1.85. The van der Waals surface area contributed by atoms with E-state index >= 15 is 0 Å². The second-order valence-electron chi connectivity index (χ2n) is 4.21. The molecule has 0 saturated carbocycles. The lowest BCUT2D eigenvalue weighted by Gasteiger charge is -2.09. The molecule has 0 aliphatic heterocycles. The van der Waals surface area contributed by atoms with Crippen LogP contribution in [0.3, 0.4) is 0 Å². The lowest BCUT2D eigenvalue weighted by atomic mass is 9.97. The van der Waals surface area contributed by atoms with Gasteiger partial charge in [-0.15, -0.1) is 0 Å². The fourth-order valence-corrected chi connectivity index (χ4v) is 1.44. The molecule has 86 valence electrons. The molecule has 0 aromatic heterocycles. The molecule has 1 atom stereocenters. The Kier molecular flexibility index (Phi) is 6.76. The summed E-state index contributed by atoms with van der Waals surface area (Å²) < 4.78 is 0. The molecule has 0 radical (unpaired) electrons. The minimum absolute atomic E-state index is 0.449. The standard InChI is InChI=1S/C13H22O2/c1-5-10(2)9-11(3)7-6-8-12(4)13(14)15/h5,8,11H,6-7,9H2,1-4H3,(H,14,15)/b10-5+,12-8+. The summed E-state index contributed by atoms with van der Waals surface area (Å²) in [6.45, 7) is 8.03. The zero-order valence-electron chi connectivity index (χ0n) is 10.2. The summed E-state index contributed by atoms with van der Waals surface area (Å²) in [4.78, 5) is 10.5. The van der Waals surface area contributed by atoms with Crippen molar-refractivity contribution in [3.63, 3.8) is 0 Å². The first kappa shape index (κ1) is 13.9. The largest absolute Gasteiger partial charge is 0.478 e. The Morgan fingerprint density at radius 1 is 1.40 bits per heavy atom. The van der Waals surface area contributed by atoms with Crippen LogP contribution in [0.5, 0.6) is 0 Å². The molecule has 0 aromatic carbocycles. The summed E-state index contributed by atoms with van der Waals surface area (Å²) in [5, 5.41) is 8.65. The molecule has 0 spiro atoms. The molecule has 0 rings (SSSR count). The van der Waals surface area contributed by atoms with Crippen molar-refractivity contribution in [2.45, 2.75) is 47.0 Å². The van der Waals surface area contributed by atoms with E-state index in [1.165, 1.54) is 5.57 Å². The maximum atomic E-state index is 10.5. The molecule has 0 aliphatic rings. The highest BCUT2D eigenvalue weighted by molar-refractivity contribution is 5.85. The number of carbonyl (C=O) groups is 1. The highest BCUT2D eigenvalue weighted by atomic mass is 16.4. The van der Waals surface area contributed by atoms with E-state index < -0.39 is 5.97 Å². The SMILES string of the molecule is C/C=C(\C)CC(C)CC/C=C(\C)C(=O)O. The highest BCUT2D eigenvalue weighted by Gasteiger charge is 2.03. The minimum Gasteiger partial charge on any atom is -0.478 e. The van der Waals surface area contributed by atoms with Crippen LogP contribution in [0.2, 0.25) is 0 Å². The molecule has 0 heterocycles. The molecular formula is C13H22O2. The molecule has 0 saturated heterocycles. The van der Waals surface area contributed by atoms with Gasteiger partial charge in [0, 0.05) is 5.57 Å². The predicted octanol–water partition coefficient (Wildman–Crippen LogP) is 3.79. The van der Waals surface area contributed by atoms with Crippen molar-refractivity contribution in [3.8, 4) is 0 Å². The van der Waals surface area contributed by atoms with E-state index in [0.29, 0.717) is 11.5 Å². The van der Waals surface area contributed by atoms with Gasteiger partial charge >= 0.3 is 5.97 Å². The van der Waals surface area contributed by atoms with Crippen LogP contribution in [0.25, 0.3) is 0 Å². The van der Waals surface area contributed by atoms with E-state index in [2.05, 4.69) is 26.8 Å². The lowest BCUT2D eigenvalue weighted by molar-refractivity contribution is -0.132. The molecule has 2 nitrogen and oxygen atoms in total. The molecule has 0 bridgehead atoms. The van der Waals surface area contributed by atoms with Gasteiger partial charge < -0.3 is 5.11 Å². The van der Waals surface area contributed by atoms with Crippen LogP contribution < -0.4 is 0 Å². The third kappa shape index (κ3) is 6.95. The van der Waals surface area contributed by atoms with Gasteiger partial charge in [0.15, 0.2) is 0 Å². The summed E-state index contributed by atoms with van der Waals surface area (Å²) in [6.07, 6.45) is 6.96. The van der Waals surface area contributed by atoms with E-state index in [4.69, 9.17) is 5.11 Å². The topological polar surface area (TPSA) is 37.3 Å². The Labute approximate surface area is 92.7 Å². The fraction of sp³-hybridized carbons (Fsp3) is 0.615. The quantitative estimate of drug-likeness (QED) is 0.535. The van der Waals surface area contributed by atoms with Gasteiger partial charge in [0.05, 0.1) is 0 Å². The molecule has 0 aliphatic carbocycles. The average Bonchev–Trinajstić information content (AvgIpc) is 2.17. The average molecular weight is 210 g/mol. The maximum Gasteiger partial charge on any atom is 0.330 e. The van der Waals surface area contributed by atoms with Gasteiger partial charge in [0.1, 0.15) is 0 Å². The van der Waals surface area contributed by atoms with Crippen molar-refractivity contribution in [1.29, 1.82) is 0 Å². The lowest BCUT2D eigenvalue weighted by Crippen LogP contribution is -1.98. The Bertz CT molecular complexity index is 262. The predicted molar refractivity (Wildman–Crippen MR) is 63.8 cm³/mol. The molecule has 0 amide bonds. The van der Waals surface area contributed by atoms with Crippen LogP contribution in [0.1, 0.15) is 47.0 Å². The Hall–Kier alpha value is -1.05. The van der Waals surface area contributed by atoms with Crippen LogP contribution in [-0.4, -0.2) is 11.1 Å². The van der Waals surface area contributed by atoms with Crippen molar-refractivity contribution >= 4 is 5.97 Å². The van der Waals surface area contributed by atoms with Gasteiger partial charge in [-0.05, 0) is 46.0 Å². The van der Waals surface area contributed by atoms with Crippen LogP contribution in [0.15, 0.2) is 23.3 Å².